The van der Waals surface area contributed by atoms with Crippen LogP contribution in [0, 0.1) is 5.82 Å². The molecule has 0 aliphatic carbocycles. The van der Waals surface area contributed by atoms with Crippen molar-refractivity contribution in [2.75, 3.05) is 37.8 Å². The van der Waals surface area contributed by atoms with E-state index < -0.39 is 27.9 Å². The van der Waals surface area contributed by atoms with Gasteiger partial charge in [0.05, 0.1) is 27.5 Å². The number of nitrogens with zero attached hydrogens (tertiary/aromatic N) is 3. The fourth-order valence-electron chi connectivity index (χ4n) is 4.94. The highest BCUT2D eigenvalue weighted by Gasteiger charge is 2.30. The normalized spacial score (nSPS) is 18.7. The van der Waals surface area contributed by atoms with Gasteiger partial charge in [0.15, 0.2) is 23.4 Å². The van der Waals surface area contributed by atoms with Crippen molar-refractivity contribution in [2.45, 2.75) is 44.5 Å². The third-order valence-corrected chi connectivity index (χ3v) is 8.43. The molecule has 42 heavy (non-hydrogen) atoms. The van der Waals surface area contributed by atoms with Crippen LogP contribution in [0.5, 0.6) is 11.5 Å². The minimum atomic E-state index is -3.76. The summed E-state index contributed by atoms with van der Waals surface area (Å²) in [5.74, 6) is 0.190. The maximum absolute atomic E-state index is 14.8. The number of likely N-dealkylation sites (tertiary alicyclic amines) is 1. The number of carbonyl (C=O) groups is 1. The van der Waals surface area contributed by atoms with Crippen LogP contribution in [0.3, 0.4) is 0 Å². The summed E-state index contributed by atoms with van der Waals surface area (Å²) in [6.45, 7) is 3.68. The lowest BCUT2D eigenvalue weighted by Gasteiger charge is -2.33. The molecule has 2 aliphatic heterocycles. The van der Waals surface area contributed by atoms with Crippen LogP contribution < -0.4 is 20.1 Å². The van der Waals surface area contributed by atoms with Crippen LogP contribution in [0.2, 0.25) is 10.0 Å². The maximum atomic E-state index is 14.8. The van der Waals surface area contributed by atoms with Crippen molar-refractivity contribution in [1.29, 1.82) is 0 Å². The van der Waals surface area contributed by atoms with Crippen molar-refractivity contribution < 1.29 is 31.3 Å². The number of carbonyl (C=O) groups excluding carboxylic acids is 1. The van der Waals surface area contributed by atoms with E-state index in [2.05, 4.69) is 20.6 Å². The SMILES string of the molecule is C[C@@H](OS(C)(=O)=O)C(=O)N1CCC(Oc2cc3c(Nc4ccc(Cl)c(Cl)c4F)ncnc3cc2OC2CCNC2)CC1. The van der Waals surface area contributed by atoms with E-state index in [9.17, 15) is 17.6 Å². The number of fused-ring (bicyclic) bond motifs is 1. The molecule has 2 fully saturated rings. The fourth-order valence-corrected chi connectivity index (χ4v) is 5.86. The van der Waals surface area contributed by atoms with Gasteiger partial charge in [0.25, 0.3) is 16.0 Å². The van der Waals surface area contributed by atoms with Gasteiger partial charge in [0.2, 0.25) is 0 Å². The molecule has 3 heterocycles. The van der Waals surface area contributed by atoms with Gasteiger partial charge in [-0.05, 0) is 38.1 Å². The summed E-state index contributed by atoms with van der Waals surface area (Å²) in [4.78, 5) is 23.0. The Balaban J connectivity index is 1.39. The van der Waals surface area contributed by atoms with Crippen molar-refractivity contribution in [1.82, 2.24) is 20.2 Å². The first-order valence-corrected chi connectivity index (χ1v) is 16.0. The fraction of sp³-hybridized carbons (Fsp3) is 0.444. The van der Waals surface area contributed by atoms with Gasteiger partial charge in [-0.15, -0.1) is 0 Å². The van der Waals surface area contributed by atoms with Gasteiger partial charge in [-0.2, -0.15) is 8.42 Å². The Kier molecular flexibility index (Phi) is 9.23. The Morgan fingerprint density at radius 1 is 1.12 bits per heavy atom. The van der Waals surface area contributed by atoms with Crippen molar-refractivity contribution in [3.05, 3.63) is 46.5 Å². The summed E-state index contributed by atoms with van der Waals surface area (Å²) in [7, 11) is -3.76. The highest BCUT2D eigenvalue weighted by molar-refractivity contribution is 7.86. The van der Waals surface area contributed by atoms with E-state index in [-0.39, 0.29) is 27.9 Å². The van der Waals surface area contributed by atoms with Crippen LogP contribution in [0.15, 0.2) is 30.6 Å². The number of hydrogen-bond donors (Lipinski definition) is 2. The van der Waals surface area contributed by atoms with E-state index in [1.807, 2.05) is 0 Å². The topological polar surface area (TPSA) is 132 Å². The molecule has 11 nitrogen and oxygen atoms in total. The van der Waals surface area contributed by atoms with Gasteiger partial charge in [-0.1, -0.05) is 23.2 Å². The summed E-state index contributed by atoms with van der Waals surface area (Å²) in [6, 6.07) is 6.48. The van der Waals surface area contributed by atoms with Crippen molar-refractivity contribution >= 4 is 61.6 Å². The van der Waals surface area contributed by atoms with E-state index in [1.165, 1.54) is 25.4 Å². The molecular formula is C27H30Cl2FN5O6S. The van der Waals surface area contributed by atoms with Crippen molar-refractivity contribution in [3.63, 3.8) is 0 Å². The van der Waals surface area contributed by atoms with Gasteiger partial charge in [-0.3, -0.25) is 8.98 Å². The highest BCUT2D eigenvalue weighted by Crippen LogP contribution is 2.38. The average molecular weight is 643 g/mol. The van der Waals surface area contributed by atoms with E-state index >= 15 is 0 Å². The number of aromatic nitrogens is 2. The first-order valence-electron chi connectivity index (χ1n) is 13.4. The number of hydrogen-bond acceptors (Lipinski definition) is 10. The molecule has 2 atom stereocenters. The zero-order chi connectivity index (χ0) is 30.0. The smallest absolute Gasteiger partial charge is 0.265 e. The molecule has 1 aromatic heterocycles. The van der Waals surface area contributed by atoms with Crippen LogP contribution in [0.25, 0.3) is 10.9 Å². The second-order valence-electron chi connectivity index (χ2n) is 10.2. The van der Waals surface area contributed by atoms with Crippen LogP contribution in [0.4, 0.5) is 15.9 Å². The van der Waals surface area contributed by atoms with E-state index in [4.69, 9.17) is 36.9 Å². The Morgan fingerprint density at radius 3 is 2.52 bits per heavy atom. The molecule has 1 unspecified atom stereocenters. The molecule has 2 aromatic carbocycles. The number of ether oxygens (including phenoxy) is 2. The number of halogens is 3. The van der Waals surface area contributed by atoms with Gasteiger partial charge in [0, 0.05) is 43.9 Å². The number of amides is 1. The quantitative estimate of drug-likeness (QED) is 0.257. The predicted octanol–water partition coefficient (Wildman–Crippen LogP) is 4.29. The molecule has 0 bridgehead atoms. The third kappa shape index (κ3) is 7.14. The molecule has 226 valence electrons. The van der Waals surface area contributed by atoms with Crippen molar-refractivity contribution in [3.8, 4) is 11.5 Å². The van der Waals surface area contributed by atoms with Gasteiger partial charge >= 0.3 is 0 Å². The summed E-state index contributed by atoms with van der Waals surface area (Å²) in [5.41, 5.74) is 0.650. The lowest BCUT2D eigenvalue weighted by Crippen LogP contribution is -2.46. The molecular weight excluding hydrogens is 612 g/mol. The van der Waals surface area contributed by atoms with Gasteiger partial charge in [-0.25, -0.2) is 14.4 Å². The second kappa shape index (κ2) is 12.7. The molecule has 0 radical (unpaired) electrons. The number of rotatable bonds is 9. The average Bonchev–Trinajstić information content (AvgIpc) is 3.46. The minimum absolute atomic E-state index is 0.0506. The zero-order valence-electron chi connectivity index (χ0n) is 22.9. The Morgan fingerprint density at radius 2 is 1.83 bits per heavy atom. The first-order chi connectivity index (χ1) is 20.0. The van der Waals surface area contributed by atoms with Crippen molar-refractivity contribution in [2.24, 2.45) is 0 Å². The van der Waals surface area contributed by atoms with Gasteiger partial charge in [0.1, 0.15) is 24.4 Å². The predicted molar refractivity (Wildman–Crippen MR) is 157 cm³/mol. The Hall–Kier alpha value is -2.97. The van der Waals surface area contributed by atoms with Crippen LogP contribution in [-0.4, -0.2) is 79.9 Å². The first kappa shape index (κ1) is 30.5. The largest absolute Gasteiger partial charge is 0.486 e. The standard InChI is InChI=1S/C27H30Cl2FN5O6S/c1-15(41-42(2,37)38)27(36)35-9-6-16(7-10-35)39-22-11-18-21(12-23(22)40-17-5-8-31-13-17)32-14-33-26(18)34-20-4-3-19(28)24(29)25(20)30/h3-4,11-12,14-17,31H,5-10,13H2,1-2H3,(H,32,33,34)/t15-,17?/m1/s1. The van der Waals surface area contributed by atoms with Crippen LogP contribution in [0.1, 0.15) is 26.2 Å². The number of anilines is 2. The molecule has 15 heteroatoms. The Labute approximate surface area is 252 Å². The van der Waals surface area contributed by atoms with E-state index in [0.29, 0.717) is 60.7 Å². The van der Waals surface area contributed by atoms with Crippen LogP contribution in [-0.2, 0) is 19.1 Å². The van der Waals surface area contributed by atoms with Crippen LogP contribution >= 0.6 is 23.2 Å². The monoisotopic (exact) mass is 641 g/mol. The number of benzene rings is 2. The minimum Gasteiger partial charge on any atom is -0.486 e. The molecule has 2 aliphatic rings. The second-order valence-corrected chi connectivity index (χ2v) is 12.6. The molecule has 2 saturated heterocycles. The van der Waals surface area contributed by atoms with E-state index in [1.54, 1.807) is 17.0 Å². The zero-order valence-corrected chi connectivity index (χ0v) is 25.2. The number of piperidine rings is 1. The third-order valence-electron chi connectivity index (χ3n) is 7.01. The molecule has 3 aromatic rings. The number of nitrogens with one attached hydrogen (secondary N) is 2. The lowest BCUT2D eigenvalue weighted by atomic mass is 10.1. The summed E-state index contributed by atoms with van der Waals surface area (Å²) in [5, 5.41) is 6.71. The highest BCUT2D eigenvalue weighted by atomic mass is 35.5. The summed E-state index contributed by atoms with van der Waals surface area (Å²) in [6.07, 6.45) is 2.70. The van der Waals surface area contributed by atoms with Gasteiger partial charge < -0.3 is 25.0 Å². The molecule has 1 amide bonds. The Bertz CT molecular complexity index is 1580. The summed E-state index contributed by atoms with van der Waals surface area (Å²) >= 11 is 11.9. The molecule has 0 spiro atoms. The molecule has 5 rings (SSSR count). The maximum Gasteiger partial charge on any atom is 0.265 e. The molecule has 0 saturated carbocycles. The summed E-state index contributed by atoms with van der Waals surface area (Å²) < 4.78 is 55.2. The lowest BCUT2D eigenvalue weighted by molar-refractivity contribution is -0.139. The molecule has 2 N–H and O–H groups in total. The van der Waals surface area contributed by atoms with E-state index in [0.717, 1.165) is 19.2 Å².